The molecule has 0 aliphatic carbocycles. The molecule has 3 N–H and O–H groups in total. The number of carbonyl (C=O) groups excluding carboxylic acids is 1. The number of nitrogens with one attached hydrogen (secondary N) is 1. The summed E-state index contributed by atoms with van der Waals surface area (Å²) in [5, 5.41) is 10.5. The predicted molar refractivity (Wildman–Crippen MR) is 55.4 cm³/mol. The first kappa shape index (κ1) is 14.6. The van der Waals surface area contributed by atoms with Crippen LogP contribution in [0.5, 0.6) is 0 Å². The van der Waals surface area contributed by atoms with Crippen LogP contribution < -0.4 is 5.32 Å². The number of aliphatic carboxylic acids is 1. The number of hydrogen-bond donors (Lipinski definition) is 3. The van der Waals surface area contributed by atoms with Gasteiger partial charge in [-0.2, -0.15) is 8.42 Å². The molecule has 0 aromatic rings. The van der Waals surface area contributed by atoms with E-state index in [4.69, 9.17) is 9.66 Å². The Kier molecular flexibility index (Phi) is 4.63. The lowest BCUT2D eigenvalue weighted by Crippen LogP contribution is -2.47. The van der Waals surface area contributed by atoms with Crippen molar-refractivity contribution in [3.05, 3.63) is 12.2 Å². The molecular formula is C8H13NO6S. The van der Waals surface area contributed by atoms with Gasteiger partial charge in [0, 0.05) is 12.2 Å². The highest BCUT2D eigenvalue weighted by atomic mass is 32.2. The van der Waals surface area contributed by atoms with Crippen LogP contribution in [0.3, 0.4) is 0 Å². The number of carboxylic acid groups (broad SMARTS) is 1. The van der Waals surface area contributed by atoms with Crippen molar-refractivity contribution in [2.24, 2.45) is 0 Å². The minimum absolute atomic E-state index is 0.624. The maximum Gasteiger partial charge on any atom is 0.328 e. The van der Waals surface area contributed by atoms with E-state index in [0.717, 1.165) is 6.08 Å². The third-order valence-electron chi connectivity index (χ3n) is 1.38. The van der Waals surface area contributed by atoms with Gasteiger partial charge in [0.2, 0.25) is 5.91 Å². The summed E-state index contributed by atoms with van der Waals surface area (Å²) in [6.07, 6.45) is 1.38. The van der Waals surface area contributed by atoms with Gasteiger partial charge in [0.15, 0.2) is 0 Å². The van der Waals surface area contributed by atoms with Gasteiger partial charge >= 0.3 is 5.97 Å². The molecule has 8 heteroatoms. The summed E-state index contributed by atoms with van der Waals surface area (Å²) in [5.74, 6) is -2.70. The zero-order chi connectivity index (χ0) is 13.0. The second-order valence-electron chi connectivity index (χ2n) is 3.77. The lowest BCUT2D eigenvalue weighted by atomic mass is 10.1. The first-order valence-corrected chi connectivity index (χ1v) is 5.81. The number of amides is 1. The monoisotopic (exact) mass is 251 g/mol. The smallest absolute Gasteiger partial charge is 0.328 e. The van der Waals surface area contributed by atoms with Gasteiger partial charge in [-0.15, -0.1) is 0 Å². The summed E-state index contributed by atoms with van der Waals surface area (Å²) in [5.41, 5.74) is -1.19. The van der Waals surface area contributed by atoms with Crippen LogP contribution in [-0.4, -0.2) is 41.2 Å². The second kappa shape index (κ2) is 5.08. The van der Waals surface area contributed by atoms with E-state index >= 15 is 0 Å². The summed E-state index contributed by atoms with van der Waals surface area (Å²) in [6, 6.07) is 0. The molecule has 0 saturated carbocycles. The highest BCUT2D eigenvalue weighted by Crippen LogP contribution is 2.05. The summed E-state index contributed by atoms with van der Waals surface area (Å²) in [6.45, 7) is 2.76. The van der Waals surface area contributed by atoms with Crippen LogP contribution in [0.15, 0.2) is 12.2 Å². The van der Waals surface area contributed by atoms with Gasteiger partial charge in [-0.05, 0) is 13.8 Å². The Morgan fingerprint density at radius 1 is 1.31 bits per heavy atom. The lowest BCUT2D eigenvalue weighted by Gasteiger charge is -2.23. The molecule has 0 aliphatic heterocycles. The number of rotatable bonds is 5. The molecule has 0 aromatic heterocycles. The summed E-state index contributed by atoms with van der Waals surface area (Å²) in [4.78, 5) is 21.2. The fraction of sp³-hybridized carbons (Fsp3) is 0.500. The van der Waals surface area contributed by atoms with Crippen molar-refractivity contribution in [1.29, 1.82) is 0 Å². The van der Waals surface area contributed by atoms with E-state index in [1.54, 1.807) is 0 Å². The van der Waals surface area contributed by atoms with Crippen molar-refractivity contribution in [3.8, 4) is 0 Å². The molecule has 0 aromatic carbocycles. The molecular weight excluding hydrogens is 238 g/mol. The maximum atomic E-state index is 11.1. The van der Waals surface area contributed by atoms with Gasteiger partial charge in [0.1, 0.15) is 0 Å². The predicted octanol–water partition coefficient (Wildman–Crippen LogP) is -0.590. The summed E-state index contributed by atoms with van der Waals surface area (Å²) >= 11 is 0. The van der Waals surface area contributed by atoms with Crippen LogP contribution in [0, 0.1) is 0 Å². The normalized spacial score (nSPS) is 12.7. The Labute approximate surface area is 92.9 Å². The number of hydrogen-bond acceptors (Lipinski definition) is 4. The standard InChI is InChI=1S/C8H13NO6S/c1-8(2,5-16(13,14)15)9-6(10)3-4-7(11)12/h3-4H,5H2,1-2H3,(H,9,10)(H,11,12)(H,13,14,15)/b4-3-. The van der Waals surface area contributed by atoms with E-state index in [-0.39, 0.29) is 0 Å². The molecule has 0 fully saturated rings. The van der Waals surface area contributed by atoms with Crippen molar-refractivity contribution in [2.75, 3.05) is 5.75 Å². The molecule has 0 rings (SSSR count). The van der Waals surface area contributed by atoms with Crippen LogP contribution >= 0.6 is 0 Å². The van der Waals surface area contributed by atoms with Crippen molar-refractivity contribution in [3.63, 3.8) is 0 Å². The average molecular weight is 251 g/mol. The molecule has 0 radical (unpaired) electrons. The van der Waals surface area contributed by atoms with Crippen molar-refractivity contribution in [1.82, 2.24) is 5.32 Å². The minimum atomic E-state index is -4.21. The quantitative estimate of drug-likeness (QED) is 0.443. The first-order chi connectivity index (χ1) is 7.02. The Morgan fingerprint density at radius 3 is 2.19 bits per heavy atom. The fourth-order valence-corrected chi connectivity index (χ4v) is 2.00. The van der Waals surface area contributed by atoms with Crippen LogP contribution in [0.4, 0.5) is 0 Å². The average Bonchev–Trinajstić information content (AvgIpc) is 1.94. The van der Waals surface area contributed by atoms with E-state index in [0.29, 0.717) is 6.08 Å². The molecule has 1 amide bonds. The zero-order valence-corrected chi connectivity index (χ0v) is 9.61. The van der Waals surface area contributed by atoms with Gasteiger partial charge in [-0.25, -0.2) is 4.79 Å². The fourth-order valence-electron chi connectivity index (χ4n) is 1.01. The Hall–Kier alpha value is -1.41. The molecule has 0 atom stereocenters. The van der Waals surface area contributed by atoms with Crippen LogP contribution in [0.1, 0.15) is 13.8 Å². The summed E-state index contributed by atoms with van der Waals surface area (Å²) < 4.78 is 29.8. The largest absolute Gasteiger partial charge is 0.478 e. The number of carbonyl (C=O) groups is 2. The van der Waals surface area contributed by atoms with E-state index in [2.05, 4.69) is 5.32 Å². The summed E-state index contributed by atoms with van der Waals surface area (Å²) in [7, 11) is -4.21. The van der Waals surface area contributed by atoms with Crippen molar-refractivity contribution < 1.29 is 27.7 Å². The van der Waals surface area contributed by atoms with Crippen LogP contribution in [-0.2, 0) is 19.7 Å². The maximum absolute atomic E-state index is 11.1. The van der Waals surface area contributed by atoms with Gasteiger partial charge in [-0.3, -0.25) is 9.35 Å². The third-order valence-corrected chi connectivity index (χ3v) is 2.47. The molecule has 0 heterocycles. The SMILES string of the molecule is CC(C)(CS(=O)(=O)O)NC(=O)/C=C\C(=O)O. The third kappa shape index (κ3) is 7.94. The van der Waals surface area contributed by atoms with Crippen LogP contribution in [0.25, 0.3) is 0 Å². The zero-order valence-electron chi connectivity index (χ0n) is 8.80. The molecule has 0 aliphatic rings. The van der Waals surface area contributed by atoms with E-state index in [1.165, 1.54) is 13.8 Å². The van der Waals surface area contributed by atoms with Gasteiger partial charge in [0.05, 0.1) is 11.3 Å². The molecule has 7 nitrogen and oxygen atoms in total. The van der Waals surface area contributed by atoms with Gasteiger partial charge in [-0.1, -0.05) is 0 Å². The minimum Gasteiger partial charge on any atom is -0.478 e. The Morgan fingerprint density at radius 2 is 1.81 bits per heavy atom. The van der Waals surface area contributed by atoms with E-state index in [1.807, 2.05) is 0 Å². The topological polar surface area (TPSA) is 121 Å². The van der Waals surface area contributed by atoms with Crippen molar-refractivity contribution in [2.45, 2.75) is 19.4 Å². The Balaban J connectivity index is 4.48. The lowest BCUT2D eigenvalue weighted by molar-refractivity contribution is -0.131. The highest BCUT2D eigenvalue weighted by Gasteiger charge is 2.25. The first-order valence-electron chi connectivity index (χ1n) is 4.20. The molecule has 0 spiro atoms. The second-order valence-corrected chi connectivity index (χ2v) is 5.22. The van der Waals surface area contributed by atoms with E-state index < -0.39 is 33.3 Å². The molecule has 0 unspecified atom stereocenters. The molecule has 0 saturated heterocycles. The van der Waals surface area contributed by atoms with Gasteiger partial charge in [0.25, 0.3) is 10.1 Å². The van der Waals surface area contributed by atoms with Crippen molar-refractivity contribution >= 4 is 22.0 Å². The molecule has 92 valence electrons. The molecule has 0 bridgehead atoms. The number of carboxylic acids is 1. The van der Waals surface area contributed by atoms with E-state index in [9.17, 15) is 18.0 Å². The van der Waals surface area contributed by atoms with Crippen LogP contribution in [0.2, 0.25) is 0 Å². The Bertz CT molecular complexity index is 408. The van der Waals surface area contributed by atoms with Gasteiger partial charge < -0.3 is 10.4 Å². The molecule has 16 heavy (non-hydrogen) atoms. The highest BCUT2D eigenvalue weighted by molar-refractivity contribution is 7.85.